The topological polar surface area (TPSA) is 137 Å². The van der Waals surface area contributed by atoms with Crippen LogP contribution in [0, 0.1) is 5.92 Å². The number of para-hydroxylation sites is 1. The molecule has 2 aromatic heterocycles. The number of piperidine rings is 1. The predicted molar refractivity (Wildman–Crippen MR) is 148 cm³/mol. The van der Waals surface area contributed by atoms with Crippen molar-refractivity contribution in [3.8, 4) is 0 Å². The van der Waals surface area contributed by atoms with Gasteiger partial charge >= 0.3 is 5.69 Å². The van der Waals surface area contributed by atoms with E-state index in [1.54, 1.807) is 49.7 Å². The van der Waals surface area contributed by atoms with Crippen molar-refractivity contribution >= 4 is 34.5 Å². The van der Waals surface area contributed by atoms with Gasteiger partial charge in [0.2, 0.25) is 11.9 Å². The molecule has 1 fully saturated rings. The van der Waals surface area contributed by atoms with Gasteiger partial charge in [-0.25, -0.2) is 4.79 Å². The van der Waals surface area contributed by atoms with Gasteiger partial charge in [0.25, 0.3) is 5.56 Å². The number of nitrogens with one attached hydrogen (secondary N) is 1. The highest BCUT2D eigenvalue weighted by Gasteiger charge is 2.27. The zero-order chi connectivity index (χ0) is 27.6. The Morgan fingerprint density at radius 2 is 1.95 bits per heavy atom. The van der Waals surface area contributed by atoms with Crippen LogP contribution in [-0.4, -0.2) is 49.5 Å². The maximum absolute atomic E-state index is 13.8. The first-order valence-corrected chi connectivity index (χ1v) is 12.9. The standard InChI is InChI=1S/C27H35N7O4/c1-5-6-14-33-22-23(30-26(33)32-13-9-10-18(28)15-32)31(4)27(38)34(25(22)37)16-21(35)19-11-7-8-12-20(19)29-24(36)17(2)3/h5-8,11-12,17-18H,9-10,13-16,28H2,1-4H3,(H,29,36). The van der Waals surface area contributed by atoms with E-state index in [0.29, 0.717) is 24.7 Å². The number of benzene rings is 1. The van der Waals surface area contributed by atoms with Crippen molar-refractivity contribution in [1.29, 1.82) is 0 Å². The highest BCUT2D eigenvalue weighted by Crippen LogP contribution is 2.23. The Morgan fingerprint density at radius 3 is 2.63 bits per heavy atom. The molecule has 1 atom stereocenters. The van der Waals surface area contributed by atoms with Gasteiger partial charge in [-0.1, -0.05) is 38.1 Å². The van der Waals surface area contributed by atoms with Gasteiger partial charge in [0.05, 0.1) is 12.2 Å². The summed E-state index contributed by atoms with van der Waals surface area (Å²) in [5, 5.41) is 2.75. The maximum atomic E-state index is 13.8. The van der Waals surface area contributed by atoms with Crippen LogP contribution in [0.25, 0.3) is 11.2 Å². The Hall–Kier alpha value is -3.99. The molecule has 1 amide bonds. The number of nitrogens with two attached hydrogens (primary N) is 1. The highest BCUT2D eigenvalue weighted by atomic mass is 16.2. The van der Waals surface area contributed by atoms with E-state index in [9.17, 15) is 19.2 Å². The van der Waals surface area contributed by atoms with Gasteiger partial charge in [-0.05, 0) is 31.9 Å². The molecule has 3 aromatic rings. The summed E-state index contributed by atoms with van der Waals surface area (Å²) in [7, 11) is 1.54. The number of carbonyl (C=O) groups excluding carboxylic acids is 2. The number of Topliss-reactive ketones (excluding diaryl/α,β-unsaturated/α-hetero) is 1. The first kappa shape index (κ1) is 27.1. The third kappa shape index (κ3) is 5.19. The molecule has 1 saturated heterocycles. The van der Waals surface area contributed by atoms with Crippen LogP contribution in [0.5, 0.6) is 0 Å². The molecule has 1 aliphatic rings. The van der Waals surface area contributed by atoms with Gasteiger partial charge in [-0.3, -0.25) is 23.5 Å². The Balaban J connectivity index is 1.81. The van der Waals surface area contributed by atoms with Gasteiger partial charge in [0.15, 0.2) is 16.9 Å². The number of carbonyl (C=O) groups is 2. The van der Waals surface area contributed by atoms with E-state index in [-0.39, 0.29) is 34.6 Å². The highest BCUT2D eigenvalue weighted by molar-refractivity contribution is 6.05. The largest absolute Gasteiger partial charge is 0.341 e. The lowest BCUT2D eigenvalue weighted by Crippen LogP contribution is -2.44. The molecule has 38 heavy (non-hydrogen) atoms. The minimum absolute atomic E-state index is 0.00640. The molecular formula is C27H35N7O4. The molecule has 0 aliphatic carbocycles. The van der Waals surface area contributed by atoms with E-state index in [4.69, 9.17) is 10.7 Å². The average molecular weight is 522 g/mol. The fraction of sp³-hybridized carbons (Fsp3) is 0.444. The van der Waals surface area contributed by atoms with E-state index in [2.05, 4.69) is 5.32 Å². The number of aryl methyl sites for hydroxylation is 1. The van der Waals surface area contributed by atoms with Crippen LogP contribution in [0.2, 0.25) is 0 Å². The number of nitrogens with zero attached hydrogens (tertiary/aromatic N) is 5. The lowest BCUT2D eigenvalue weighted by atomic mass is 10.1. The molecule has 4 rings (SSSR count). The first-order chi connectivity index (χ1) is 18.1. The van der Waals surface area contributed by atoms with Crippen molar-refractivity contribution in [2.75, 3.05) is 23.3 Å². The Labute approximate surface area is 220 Å². The summed E-state index contributed by atoms with van der Waals surface area (Å²) in [6.07, 6.45) is 5.60. The van der Waals surface area contributed by atoms with Crippen LogP contribution in [0.15, 0.2) is 46.0 Å². The molecule has 3 N–H and O–H groups in total. The number of ketones is 1. The number of hydrogen-bond donors (Lipinski definition) is 2. The number of rotatable bonds is 8. The van der Waals surface area contributed by atoms with Crippen molar-refractivity contribution in [1.82, 2.24) is 18.7 Å². The van der Waals surface area contributed by atoms with Crippen molar-refractivity contribution in [3.05, 3.63) is 62.8 Å². The lowest BCUT2D eigenvalue weighted by molar-refractivity contribution is -0.118. The Morgan fingerprint density at radius 1 is 1.21 bits per heavy atom. The first-order valence-electron chi connectivity index (χ1n) is 12.9. The van der Waals surface area contributed by atoms with Gasteiger partial charge in [-0.2, -0.15) is 4.98 Å². The van der Waals surface area contributed by atoms with Crippen LogP contribution in [0.3, 0.4) is 0 Å². The number of allylic oxidation sites excluding steroid dienone is 2. The number of anilines is 2. The summed E-state index contributed by atoms with van der Waals surface area (Å²) in [5.74, 6) is -0.412. The zero-order valence-electron chi connectivity index (χ0n) is 22.3. The van der Waals surface area contributed by atoms with Crippen molar-refractivity contribution in [2.45, 2.75) is 52.7 Å². The number of amides is 1. The van der Waals surface area contributed by atoms with Crippen LogP contribution in [0.4, 0.5) is 11.6 Å². The van der Waals surface area contributed by atoms with Gasteiger partial charge in [0, 0.05) is 44.2 Å². The number of aromatic nitrogens is 4. The van der Waals surface area contributed by atoms with Gasteiger partial charge < -0.3 is 20.5 Å². The molecule has 1 unspecified atom stereocenters. The van der Waals surface area contributed by atoms with Gasteiger partial charge in [0.1, 0.15) is 0 Å². The summed E-state index contributed by atoms with van der Waals surface area (Å²) in [6.45, 7) is 6.62. The summed E-state index contributed by atoms with van der Waals surface area (Å²) in [5.41, 5.74) is 6.03. The van der Waals surface area contributed by atoms with E-state index in [1.165, 1.54) is 4.57 Å². The Kier molecular flexibility index (Phi) is 7.96. The van der Waals surface area contributed by atoms with E-state index in [1.807, 2.05) is 24.0 Å². The quantitative estimate of drug-likeness (QED) is 0.341. The minimum atomic E-state index is -0.642. The molecule has 3 heterocycles. The second kappa shape index (κ2) is 11.2. The predicted octanol–water partition coefficient (Wildman–Crippen LogP) is 1.88. The zero-order valence-corrected chi connectivity index (χ0v) is 22.3. The second-order valence-corrected chi connectivity index (χ2v) is 9.96. The average Bonchev–Trinajstić information content (AvgIpc) is 3.28. The molecule has 0 radical (unpaired) electrons. The Bertz CT molecular complexity index is 1510. The molecule has 202 valence electrons. The minimum Gasteiger partial charge on any atom is -0.341 e. The SMILES string of the molecule is CC=CCn1c(N2CCCC(N)C2)nc2c1c(=O)n(CC(=O)c1ccccc1NC(=O)C(C)C)c(=O)n2C. The maximum Gasteiger partial charge on any atom is 0.332 e. The number of fused-ring (bicyclic) bond motifs is 1. The van der Waals surface area contributed by atoms with Gasteiger partial charge in [-0.15, -0.1) is 0 Å². The number of imidazole rings is 1. The van der Waals surface area contributed by atoms with Crippen LogP contribution in [-0.2, 0) is 24.9 Å². The summed E-state index contributed by atoms with van der Waals surface area (Å²) < 4.78 is 4.02. The van der Waals surface area contributed by atoms with E-state index < -0.39 is 23.6 Å². The normalized spacial score (nSPS) is 16.1. The van der Waals surface area contributed by atoms with E-state index in [0.717, 1.165) is 24.0 Å². The van der Waals surface area contributed by atoms with Crippen molar-refractivity contribution in [3.63, 3.8) is 0 Å². The molecule has 0 spiro atoms. The smallest absolute Gasteiger partial charge is 0.332 e. The van der Waals surface area contributed by atoms with Crippen LogP contribution in [0.1, 0.15) is 44.0 Å². The third-order valence-corrected chi connectivity index (χ3v) is 6.79. The van der Waals surface area contributed by atoms with Crippen LogP contribution >= 0.6 is 0 Å². The summed E-state index contributed by atoms with van der Waals surface area (Å²) in [4.78, 5) is 59.4. The van der Waals surface area contributed by atoms with E-state index >= 15 is 0 Å². The molecular weight excluding hydrogens is 486 g/mol. The second-order valence-electron chi connectivity index (χ2n) is 9.96. The summed E-state index contributed by atoms with van der Waals surface area (Å²) >= 11 is 0. The monoisotopic (exact) mass is 521 g/mol. The lowest BCUT2D eigenvalue weighted by Gasteiger charge is -2.31. The van der Waals surface area contributed by atoms with Crippen molar-refractivity contribution in [2.24, 2.45) is 18.7 Å². The molecule has 1 aliphatic heterocycles. The van der Waals surface area contributed by atoms with Crippen molar-refractivity contribution < 1.29 is 9.59 Å². The molecule has 1 aromatic carbocycles. The number of hydrogen-bond acceptors (Lipinski definition) is 7. The van der Waals surface area contributed by atoms with Crippen LogP contribution < -0.4 is 27.2 Å². The fourth-order valence-corrected chi connectivity index (χ4v) is 4.66. The molecule has 11 heteroatoms. The molecule has 0 saturated carbocycles. The fourth-order valence-electron chi connectivity index (χ4n) is 4.66. The summed E-state index contributed by atoms with van der Waals surface area (Å²) in [6, 6.07) is 6.56. The third-order valence-electron chi connectivity index (χ3n) is 6.79. The molecule has 11 nitrogen and oxygen atoms in total. The molecule has 0 bridgehead atoms.